The quantitative estimate of drug-likeness (QED) is 0.840. The lowest BCUT2D eigenvalue weighted by molar-refractivity contribution is 0.379. The van der Waals surface area contributed by atoms with E-state index in [2.05, 4.69) is 32.8 Å². The van der Waals surface area contributed by atoms with E-state index < -0.39 is 0 Å². The predicted octanol–water partition coefficient (Wildman–Crippen LogP) is 2.11. The summed E-state index contributed by atoms with van der Waals surface area (Å²) < 4.78 is 7.42. The molecule has 2 aromatic rings. The minimum atomic E-state index is 0.223. The molecule has 2 heterocycles. The number of imidazole rings is 1. The van der Waals surface area contributed by atoms with Crippen molar-refractivity contribution in [2.75, 3.05) is 13.7 Å². The number of pyridine rings is 1. The number of aromatic nitrogens is 3. The van der Waals surface area contributed by atoms with Crippen molar-refractivity contribution < 1.29 is 4.74 Å². The first-order valence-corrected chi connectivity index (χ1v) is 6.94. The average Bonchev–Trinajstić information content (AvgIpc) is 2.89. The molecule has 1 atom stereocenters. The van der Waals surface area contributed by atoms with Gasteiger partial charge in [-0.25, -0.2) is 9.97 Å². The van der Waals surface area contributed by atoms with E-state index in [-0.39, 0.29) is 6.04 Å². The molecule has 0 radical (unpaired) electrons. The SMILES string of the molecule is CCNC(CCc1nccn1C)c1cccnc1OC. The summed E-state index contributed by atoms with van der Waals surface area (Å²) in [6.07, 6.45) is 7.44. The number of ether oxygens (including phenoxy) is 1. The highest BCUT2D eigenvalue weighted by atomic mass is 16.5. The Bertz CT molecular complexity index is 538. The Labute approximate surface area is 120 Å². The van der Waals surface area contributed by atoms with Crippen molar-refractivity contribution in [2.45, 2.75) is 25.8 Å². The molecule has 0 aliphatic rings. The highest BCUT2D eigenvalue weighted by molar-refractivity contribution is 5.29. The molecule has 0 aliphatic carbocycles. The fourth-order valence-corrected chi connectivity index (χ4v) is 2.36. The Hall–Kier alpha value is -1.88. The Kier molecular flexibility index (Phi) is 5.12. The van der Waals surface area contributed by atoms with Gasteiger partial charge < -0.3 is 14.6 Å². The molecule has 2 aromatic heterocycles. The lowest BCUT2D eigenvalue weighted by atomic mass is 10.0. The molecule has 0 bridgehead atoms. The van der Waals surface area contributed by atoms with Gasteiger partial charge in [-0.2, -0.15) is 0 Å². The molecule has 108 valence electrons. The Morgan fingerprint density at radius 3 is 2.85 bits per heavy atom. The van der Waals surface area contributed by atoms with E-state index in [0.717, 1.165) is 30.8 Å². The van der Waals surface area contributed by atoms with Gasteiger partial charge in [0.05, 0.1) is 7.11 Å². The number of rotatable bonds is 7. The Balaban J connectivity index is 2.12. The normalized spacial score (nSPS) is 12.3. The van der Waals surface area contributed by atoms with Crippen LogP contribution in [0.2, 0.25) is 0 Å². The molecule has 20 heavy (non-hydrogen) atoms. The van der Waals surface area contributed by atoms with E-state index >= 15 is 0 Å². The summed E-state index contributed by atoms with van der Waals surface area (Å²) in [5.41, 5.74) is 1.10. The first-order chi connectivity index (χ1) is 9.76. The lowest BCUT2D eigenvalue weighted by Crippen LogP contribution is -2.22. The van der Waals surface area contributed by atoms with Crippen molar-refractivity contribution >= 4 is 0 Å². The van der Waals surface area contributed by atoms with Crippen molar-refractivity contribution in [2.24, 2.45) is 7.05 Å². The van der Waals surface area contributed by atoms with Gasteiger partial charge in [-0.15, -0.1) is 0 Å². The molecule has 0 saturated carbocycles. The molecular weight excluding hydrogens is 252 g/mol. The second kappa shape index (κ2) is 7.05. The highest BCUT2D eigenvalue weighted by Gasteiger charge is 2.16. The zero-order valence-electron chi connectivity index (χ0n) is 12.3. The minimum absolute atomic E-state index is 0.223. The summed E-state index contributed by atoms with van der Waals surface area (Å²) >= 11 is 0. The van der Waals surface area contributed by atoms with Crippen LogP contribution in [0.3, 0.4) is 0 Å². The average molecular weight is 274 g/mol. The van der Waals surface area contributed by atoms with Crippen LogP contribution in [0.4, 0.5) is 0 Å². The van der Waals surface area contributed by atoms with Crippen LogP contribution in [-0.4, -0.2) is 28.2 Å². The maximum absolute atomic E-state index is 5.36. The number of aryl methyl sites for hydroxylation is 2. The van der Waals surface area contributed by atoms with Gasteiger partial charge in [0.15, 0.2) is 0 Å². The number of nitrogens with zero attached hydrogens (tertiary/aromatic N) is 3. The van der Waals surface area contributed by atoms with Crippen LogP contribution in [0.1, 0.15) is 30.8 Å². The van der Waals surface area contributed by atoms with Crippen molar-refractivity contribution in [3.63, 3.8) is 0 Å². The van der Waals surface area contributed by atoms with E-state index in [0.29, 0.717) is 5.88 Å². The second-order valence-electron chi connectivity index (χ2n) is 4.71. The summed E-state index contributed by atoms with van der Waals surface area (Å²) in [7, 11) is 3.68. The predicted molar refractivity (Wildman–Crippen MR) is 78.7 cm³/mol. The van der Waals surface area contributed by atoms with E-state index in [1.807, 2.05) is 25.5 Å². The molecule has 0 saturated heterocycles. The molecule has 1 unspecified atom stereocenters. The maximum atomic E-state index is 5.36. The number of hydrogen-bond donors (Lipinski definition) is 1. The van der Waals surface area contributed by atoms with Gasteiger partial charge in [0.25, 0.3) is 0 Å². The monoisotopic (exact) mass is 274 g/mol. The van der Waals surface area contributed by atoms with Gasteiger partial charge in [0.1, 0.15) is 5.82 Å². The number of nitrogens with one attached hydrogen (secondary N) is 1. The highest BCUT2D eigenvalue weighted by Crippen LogP contribution is 2.25. The molecule has 0 aromatic carbocycles. The number of hydrogen-bond acceptors (Lipinski definition) is 4. The molecule has 0 spiro atoms. The summed E-state index contributed by atoms with van der Waals surface area (Å²) in [4.78, 5) is 8.65. The minimum Gasteiger partial charge on any atom is -0.481 e. The lowest BCUT2D eigenvalue weighted by Gasteiger charge is -2.19. The fraction of sp³-hybridized carbons (Fsp3) is 0.467. The van der Waals surface area contributed by atoms with Gasteiger partial charge in [0, 0.05) is 43.7 Å². The smallest absolute Gasteiger partial charge is 0.217 e. The van der Waals surface area contributed by atoms with E-state index in [9.17, 15) is 0 Å². The van der Waals surface area contributed by atoms with Crippen LogP contribution in [0.5, 0.6) is 5.88 Å². The third kappa shape index (κ3) is 3.36. The van der Waals surface area contributed by atoms with Crippen molar-refractivity contribution in [3.8, 4) is 5.88 Å². The Morgan fingerprint density at radius 2 is 2.20 bits per heavy atom. The van der Waals surface area contributed by atoms with Crippen molar-refractivity contribution in [1.82, 2.24) is 19.9 Å². The van der Waals surface area contributed by atoms with Crippen LogP contribution < -0.4 is 10.1 Å². The first-order valence-electron chi connectivity index (χ1n) is 6.94. The zero-order valence-corrected chi connectivity index (χ0v) is 12.3. The van der Waals surface area contributed by atoms with Gasteiger partial charge in [-0.3, -0.25) is 0 Å². The topological polar surface area (TPSA) is 52.0 Å². The van der Waals surface area contributed by atoms with Crippen LogP contribution in [0, 0.1) is 0 Å². The third-order valence-corrected chi connectivity index (χ3v) is 3.40. The molecule has 5 nitrogen and oxygen atoms in total. The zero-order chi connectivity index (χ0) is 14.4. The Morgan fingerprint density at radius 1 is 1.35 bits per heavy atom. The second-order valence-corrected chi connectivity index (χ2v) is 4.71. The summed E-state index contributed by atoms with van der Waals surface area (Å²) in [6.45, 7) is 3.01. The van der Waals surface area contributed by atoms with Crippen LogP contribution in [0.25, 0.3) is 0 Å². The molecule has 1 N–H and O–H groups in total. The molecule has 5 heteroatoms. The first kappa shape index (κ1) is 14.5. The maximum Gasteiger partial charge on any atom is 0.217 e. The van der Waals surface area contributed by atoms with Gasteiger partial charge in [-0.05, 0) is 19.0 Å². The standard InChI is InChI=1S/C15H22N4O/c1-4-16-13(7-8-14-17-10-11-19(14)2)12-6-5-9-18-15(12)20-3/h5-6,9-11,13,16H,4,7-8H2,1-3H3. The van der Waals surface area contributed by atoms with Crippen LogP contribution in [-0.2, 0) is 13.5 Å². The molecule has 0 fully saturated rings. The largest absolute Gasteiger partial charge is 0.481 e. The van der Waals surface area contributed by atoms with Crippen molar-refractivity contribution in [3.05, 3.63) is 42.1 Å². The van der Waals surface area contributed by atoms with E-state index in [4.69, 9.17) is 4.74 Å². The van der Waals surface area contributed by atoms with Crippen LogP contribution >= 0.6 is 0 Å². The van der Waals surface area contributed by atoms with Crippen LogP contribution in [0.15, 0.2) is 30.7 Å². The van der Waals surface area contributed by atoms with E-state index in [1.54, 1.807) is 13.3 Å². The third-order valence-electron chi connectivity index (χ3n) is 3.40. The fourth-order valence-electron chi connectivity index (χ4n) is 2.36. The van der Waals surface area contributed by atoms with Gasteiger partial charge >= 0.3 is 0 Å². The summed E-state index contributed by atoms with van der Waals surface area (Å²) in [6, 6.07) is 4.24. The van der Waals surface area contributed by atoms with Gasteiger partial charge in [0.2, 0.25) is 5.88 Å². The summed E-state index contributed by atoms with van der Waals surface area (Å²) in [5.74, 6) is 1.79. The summed E-state index contributed by atoms with van der Waals surface area (Å²) in [5, 5.41) is 3.50. The van der Waals surface area contributed by atoms with E-state index in [1.165, 1.54) is 0 Å². The molecular formula is C15H22N4O. The van der Waals surface area contributed by atoms with Crippen molar-refractivity contribution in [1.29, 1.82) is 0 Å². The molecule has 0 aliphatic heterocycles. The molecule has 2 rings (SSSR count). The van der Waals surface area contributed by atoms with Gasteiger partial charge in [-0.1, -0.05) is 13.0 Å². The molecule has 0 amide bonds. The number of methoxy groups -OCH3 is 1.